The minimum atomic E-state index is -0.382. The number of hydrogen-bond donors (Lipinski definition) is 1. The Morgan fingerprint density at radius 2 is 1.53 bits per heavy atom. The maximum Gasteiger partial charge on any atom is 0.329 e. The van der Waals surface area contributed by atoms with Gasteiger partial charge in [0.25, 0.3) is 0 Å². The Balaban J connectivity index is 1.70. The maximum absolute atomic E-state index is 13.1. The highest BCUT2D eigenvalue weighted by Gasteiger charge is 2.30. The third-order valence-electron chi connectivity index (χ3n) is 5.72. The van der Waals surface area contributed by atoms with Crippen LogP contribution in [0.1, 0.15) is 56.1 Å². The third kappa shape index (κ3) is 7.17. The molecule has 3 rings (SSSR count). The molecule has 0 radical (unpaired) electrons. The van der Waals surface area contributed by atoms with Crippen LogP contribution in [-0.4, -0.2) is 17.3 Å². The first-order chi connectivity index (χ1) is 14.6. The van der Waals surface area contributed by atoms with Gasteiger partial charge in [-0.1, -0.05) is 74.6 Å². The molecule has 0 amide bonds. The van der Waals surface area contributed by atoms with E-state index in [1.807, 2.05) is 54.6 Å². The molecule has 0 aliphatic heterocycles. The van der Waals surface area contributed by atoms with Crippen molar-refractivity contribution in [2.75, 3.05) is 5.32 Å². The van der Waals surface area contributed by atoms with Crippen molar-refractivity contribution in [3.8, 4) is 0 Å². The summed E-state index contributed by atoms with van der Waals surface area (Å²) in [7, 11) is 0. The highest BCUT2D eigenvalue weighted by Crippen LogP contribution is 2.28. The van der Waals surface area contributed by atoms with Crippen LogP contribution < -0.4 is 5.32 Å². The first-order valence-corrected chi connectivity index (χ1v) is 11.2. The zero-order valence-electron chi connectivity index (χ0n) is 17.3. The molecule has 1 N–H and O–H groups in total. The summed E-state index contributed by atoms with van der Waals surface area (Å²) in [5.74, 6) is 0.0436. The molecule has 1 fully saturated rings. The minimum absolute atomic E-state index is 0.201. The molecule has 5 heteroatoms. The molecular formula is C25H30ClNO3. The molecular weight excluding hydrogens is 398 g/mol. The molecule has 1 aliphatic rings. The van der Waals surface area contributed by atoms with Crippen molar-refractivity contribution < 1.29 is 14.3 Å². The Hall–Kier alpha value is -2.33. The van der Waals surface area contributed by atoms with Crippen LogP contribution in [0, 0.1) is 5.92 Å². The van der Waals surface area contributed by atoms with Gasteiger partial charge in [-0.2, -0.15) is 0 Å². The van der Waals surface area contributed by atoms with Gasteiger partial charge in [-0.15, -0.1) is 0 Å². The van der Waals surface area contributed by atoms with E-state index in [1.165, 1.54) is 19.3 Å². The van der Waals surface area contributed by atoms with Crippen LogP contribution in [0.25, 0.3) is 0 Å². The van der Waals surface area contributed by atoms with Gasteiger partial charge in [0.15, 0.2) is 0 Å². The van der Waals surface area contributed by atoms with Crippen molar-refractivity contribution >= 4 is 28.5 Å². The largest absolute Gasteiger partial charge is 0.459 e. The minimum Gasteiger partial charge on any atom is -0.459 e. The molecule has 1 saturated carbocycles. The van der Waals surface area contributed by atoms with Crippen LogP contribution >= 0.6 is 11.6 Å². The molecule has 4 nitrogen and oxygen atoms in total. The van der Waals surface area contributed by atoms with Gasteiger partial charge in [0.1, 0.15) is 12.6 Å². The van der Waals surface area contributed by atoms with Crippen LogP contribution in [0.2, 0.25) is 0 Å². The Morgan fingerprint density at radius 1 is 0.900 bits per heavy atom. The van der Waals surface area contributed by atoms with E-state index >= 15 is 0 Å². The number of ether oxygens (including phenoxy) is 1. The summed E-state index contributed by atoms with van der Waals surface area (Å²) in [6, 6.07) is 16.9. The number of halogens is 1. The molecule has 1 aliphatic carbocycles. The number of anilines is 1. The van der Waals surface area contributed by atoms with E-state index in [4.69, 9.17) is 16.3 Å². The van der Waals surface area contributed by atoms with Crippen LogP contribution in [0.4, 0.5) is 5.69 Å². The lowest BCUT2D eigenvalue weighted by Crippen LogP contribution is -2.38. The zero-order chi connectivity index (χ0) is 21.2. The second-order valence-corrected chi connectivity index (χ2v) is 8.47. The molecule has 0 aromatic heterocycles. The quantitative estimate of drug-likeness (QED) is 0.422. The smallest absolute Gasteiger partial charge is 0.329 e. The first kappa shape index (κ1) is 22.4. The summed E-state index contributed by atoms with van der Waals surface area (Å²) in [6.45, 7) is 0.279. The van der Waals surface area contributed by atoms with Gasteiger partial charge in [-0.05, 0) is 53.6 Å². The van der Waals surface area contributed by atoms with Crippen LogP contribution in [-0.2, 0) is 27.4 Å². The predicted molar refractivity (Wildman–Crippen MR) is 120 cm³/mol. The number of carbonyl (C=O) groups excluding carboxylic acids is 2. The molecule has 0 heterocycles. The van der Waals surface area contributed by atoms with Gasteiger partial charge in [0.2, 0.25) is 5.24 Å². The van der Waals surface area contributed by atoms with Crippen molar-refractivity contribution in [3.63, 3.8) is 0 Å². The second-order valence-electron chi connectivity index (χ2n) is 8.05. The highest BCUT2D eigenvalue weighted by atomic mass is 35.5. The van der Waals surface area contributed by atoms with Crippen molar-refractivity contribution in [1.29, 1.82) is 0 Å². The average Bonchev–Trinajstić information content (AvgIpc) is 2.72. The molecule has 2 aromatic carbocycles. The Labute approximate surface area is 184 Å². The lowest BCUT2D eigenvalue weighted by molar-refractivity contribution is -0.147. The van der Waals surface area contributed by atoms with Crippen molar-refractivity contribution in [2.45, 2.75) is 64.0 Å². The fraction of sp³-hybridized carbons (Fsp3) is 0.440. The Bertz CT molecular complexity index is 799. The summed E-state index contributed by atoms with van der Waals surface area (Å²) in [6.07, 6.45) is 8.27. The van der Waals surface area contributed by atoms with E-state index in [9.17, 15) is 9.59 Å². The molecule has 2 aromatic rings. The summed E-state index contributed by atoms with van der Waals surface area (Å²) >= 11 is 5.48. The zero-order valence-corrected chi connectivity index (χ0v) is 18.1. The van der Waals surface area contributed by atoms with E-state index in [2.05, 4.69) is 5.32 Å². The van der Waals surface area contributed by atoms with E-state index in [-0.39, 0.29) is 36.2 Å². The van der Waals surface area contributed by atoms with Crippen molar-refractivity contribution in [2.24, 2.45) is 5.92 Å². The van der Waals surface area contributed by atoms with E-state index < -0.39 is 0 Å². The van der Waals surface area contributed by atoms with Gasteiger partial charge >= 0.3 is 5.97 Å². The SMILES string of the molecule is O=C(Cl)Cc1ccc(NC(C(=O)OCc2ccccc2)C2CCCCCCC2)cc1. The number of esters is 1. The number of benzene rings is 2. The summed E-state index contributed by atoms with van der Waals surface area (Å²) < 4.78 is 5.70. The fourth-order valence-corrected chi connectivity index (χ4v) is 4.22. The van der Waals surface area contributed by atoms with Gasteiger partial charge < -0.3 is 10.1 Å². The van der Waals surface area contributed by atoms with Crippen molar-refractivity contribution in [3.05, 3.63) is 65.7 Å². The Morgan fingerprint density at radius 3 is 2.17 bits per heavy atom. The normalized spacial score (nSPS) is 16.2. The lowest BCUT2D eigenvalue weighted by Gasteiger charge is -2.29. The number of rotatable bonds is 8. The number of carbonyl (C=O) groups is 2. The number of hydrogen-bond acceptors (Lipinski definition) is 4. The maximum atomic E-state index is 13.1. The van der Waals surface area contributed by atoms with E-state index in [1.54, 1.807) is 0 Å². The van der Waals surface area contributed by atoms with Crippen molar-refractivity contribution in [1.82, 2.24) is 0 Å². The van der Waals surface area contributed by atoms with E-state index in [0.29, 0.717) is 0 Å². The molecule has 160 valence electrons. The van der Waals surface area contributed by atoms with Crippen LogP contribution in [0.5, 0.6) is 0 Å². The third-order valence-corrected chi connectivity index (χ3v) is 5.85. The highest BCUT2D eigenvalue weighted by molar-refractivity contribution is 6.63. The molecule has 0 bridgehead atoms. The van der Waals surface area contributed by atoms with Gasteiger partial charge in [-0.25, -0.2) is 4.79 Å². The van der Waals surface area contributed by atoms with Gasteiger partial charge in [0.05, 0.1) is 0 Å². The molecule has 1 unspecified atom stereocenters. The Kier molecular flexibility index (Phi) is 8.76. The van der Waals surface area contributed by atoms with E-state index in [0.717, 1.165) is 42.5 Å². The second kappa shape index (κ2) is 11.8. The molecule has 0 spiro atoms. The fourth-order valence-electron chi connectivity index (χ4n) is 4.07. The average molecular weight is 428 g/mol. The van der Waals surface area contributed by atoms with Gasteiger partial charge in [-0.3, -0.25) is 4.79 Å². The number of nitrogens with one attached hydrogen (secondary N) is 1. The molecule has 30 heavy (non-hydrogen) atoms. The van der Waals surface area contributed by atoms with Gasteiger partial charge in [0, 0.05) is 12.1 Å². The molecule has 1 atom stereocenters. The summed E-state index contributed by atoms with van der Waals surface area (Å²) in [5.41, 5.74) is 2.69. The summed E-state index contributed by atoms with van der Waals surface area (Å²) in [4.78, 5) is 24.2. The summed E-state index contributed by atoms with van der Waals surface area (Å²) in [5, 5.41) is 3.04. The first-order valence-electron chi connectivity index (χ1n) is 10.9. The lowest BCUT2D eigenvalue weighted by atomic mass is 9.85. The monoisotopic (exact) mass is 427 g/mol. The van der Waals surface area contributed by atoms with Crippen LogP contribution in [0.3, 0.4) is 0 Å². The molecule has 0 saturated heterocycles. The predicted octanol–water partition coefficient (Wildman–Crippen LogP) is 5.88. The van der Waals surface area contributed by atoms with Crippen LogP contribution in [0.15, 0.2) is 54.6 Å². The topological polar surface area (TPSA) is 55.4 Å². The standard InChI is InChI=1S/C25H30ClNO3/c26-23(28)17-19-13-15-22(16-14-19)27-24(21-11-7-2-1-3-8-12-21)25(29)30-18-20-9-5-4-6-10-20/h4-6,9-10,13-16,21,24,27H,1-3,7-8,11-12,17-18H2.